The summed E-state index contributed by atoms with van der Waals surface area (Å²) >= 11 is 0. The number of nitrogens with zero attached hydrogens (tertiary/aromatic N) is 2. The van der Waals surface area contributed by atoms with Crippen LogP contribution in [-0.4, -0.2) is 15.7 Å². The van der Waals surface area contributed by atoms with Crippen LogP contribution in [0.1, 0.15) is 32.3 Å². The van der Waals surface area contributed by atoms with Gasteiger partial charge in [0, 0.05) is 40.5 Å². The number of benzene rings is 2. The Morgan fingerprint density at radius 3 is 2.55 bits per heavy atom. The number of nitrogens with one attached hydrogen (secondary N) is 1. The highest BCUT2D eigenvalue weighted by Gasteiger charge is 2.30. The number of fused-ring (bicyclic) bond motifs is 2. The van der Waals surface area contributed by atoms with Crippen LogP contribution < -0.4 is 0 Å². The fourth-order valence-electron chi connectivity index (χ4n) is 4.47. The third kappa shape index (κ3) is 2.87. The average molecular weight is 383 g/mol. The molecule has 0 saturated heterocycles. The number of hydrogen-bond acceptors (Lipinski definition) is 2. The van der Waals surface area contributed by atoms with Crippen LogP contribution in [-0.2, 0) is 0 Å². The molecule has 29 heavy (non-hydrogen) atoms. The highest BCUT2D eigenvalue weighted by Crippen LogP contribution is 2.44. The number of halogens is 1. The SMILES string of the molecule is CC1=Nc2c(F)cc(-c3c[nH]c4ncc(-c5ccccc5)cc34)cc2C1C(C)C. The average Bonchev–Trinajstić information content (AvgIpc) is 3.28. The van der Waals surface area contributed by atoms with E-state index >= 15 is 0 Å². The van der Waals surface area contributed by atoms with Gasteiger partial charge >= 0.3 is 0 Å². The van der Waals surface area contributed by atoms with Crippen molar-refractivity contribution in [1.82, 2.24) is 9.97 Å². The number of hydrogen-bond donors (Lipinski definition) is 1. The van der Waals surface area contributed by atoms with Crippen LogP contribution in [0.3, 0.4) is 0 Å². The summed E-state index contributed by atoms with van der Waals surface area (Å²) in [6.07, 6.45) is 3.79. The first-order valence-electron chi connectivity index (χ1n) is 9.94. The van der Waals surface area contributed by atoms with Gasteiger partial charge in [-0.25, -0.2) is 9.37 Å². The van der Waals surface area contributed by atoms with Gasteiger partial charge in [0.1, 0.15) is 17.2 Å². The van der Waals surface area contributed by atoms with Gasteiger partial charge in [-0.2, -0.15) is 0 Å². The lowest BCUT2D eigenvalue weighted by molar-refractivity contribution is 0.601. The van der Waals surface area contributed by atoms with Gasteiger partial charge in [0.05, 0.1) is 0 Å². The van der Waals surface area contributed by atoms with Crippen LogP contribution in [0.4, 0.5) is 10.1 Å². The lowest BCUT2D eigenvalue weighted by atomic mass is 9.85. The van der Waals surface area contributed by atoms with Crippen molar-refractivity contribution < 1.29 is 4.39 Å². The number of rotatable bonds is 3. The number of aromatic nitrogens is 2. The van der Waals surface area contributed by atoms with Crippen molar-refractivity contribution in [3.05, 3.63) is 72.3 Å². The maximum atomic E-state index is 15.0. The number of aromatic amines is 1. The maximum Gasteiger partial charge on any atom is 0.149 e. The quantitative estimate of drug-likeness (QED) is 0.411. The summed E-state index contributed by atoms with van der Waals surface area (Å²) in [5, 5.41) is 0.988. The Kier molecular flexibility index (Phi) is 4.09. The second-order valence-electron chi connectivity index (χ2n) is 8.06. The van der Waals surface area contributed by atoms with Crippen LogP contribution in [0.15, 0.2) is 65.9 Å². The van der Waals surface area contributed by atoms with Crippen molar-refractivity contribution in [3.8, 4) is 22.3 Å². The first kappa shape index (κ1) is 17.8. The molecule has 0 spiro atoms. The van der Waals surface area contributed by atoms with Crippen LogP contribution >= 0.6 is 0 Å². The Bertz CT molecular complexity index is 1250. The molecule has 4 heteroatoms. The Balaban J connectivity index is 1.67. The normalized spacial score (nSPS) is 15.8. The molecule has 1 atom stereocenters. The molecule has 144 valence electrons. The molecule has 0 aliphatic carbocycles. The molecule has 3 heterocycles. The van der Waals surface area contributed by atoms with Gasteiger partial charge in [0.15, 0.2) is 0 Å². The van der Waals surface area contributed by atoms with Gasteiger partial charge < -0.3 is 4.98 Å². The molecule has 0 saturated carbocycles. The lowest BCUT2D eigenvalue weighted by Gasteiger charge is -2.17. The van der Waals surface area contributed by atoms with Crippen LogP contribution in [0, 0.1) is 11.7 Å². The molecule has 1 aliphatic rings. The molecular weight excluding hydrogens is 361 g/mol. The highest BCUT2D eigenvalue weighted by atomic mass is 19.1. The molecule has 2 aromatic heterocycles. The molecule has 1 unspecified atom stereocenters. The van der Waals surface area contributed by atoms with E-state index in [4.69, 9.17) is 0 Å². The number of aliphatic imine (C=N–C) groups is 1. The van der Waals surface area contributed by atoms with Gasteiger partial charge in [-0.1, -0.05) is 44.2 Å². The van der Waals surface area contributed by atoms with Crippen molar-refractivity contribution >= 4 is 22.4 Å². The molecule has 5 rings (SSSR count). The second kappa shape index (κ2) is 6.66. The summed E-state index contributed by atoms with van der Waals surface area (Å²) in [4.78, 5) is 12.3. The summed E-state index contributed by atoms with van der Waals surface area (Å²) in [6.45, 7) is 6.31. The van der Waals surface area contributed by atoms with E-state index in [1.54, 1.807) is 6.07 Å². The van der Waals surface area contributed by atoms with E-state index in [-0.39, 0.29) is 11.7 Å². The molecule has 1 N–H and O–H groups in total. The van der Waals surface area contributed by atoms with Gasteiger partial charge in [0.2, 0.25) is 0 Å². The minimum Gasteiger partial charge on any atom is -0.346 e. The van der Waals surface area contributed by atoms with E-state index in [0.29, 0.717) is 11.6 Å². The van der Waals surface area contributed by atoms with E-state index in [9.17, 15) is 4.39 Å². The lowest BCUT2D eigenvalue weighted by Crippen LogP contribution is -2.11. The van der Waals surface area contributed by atoms with Crippen molar-refractivity contribution in [3.63, 3.8) is 0 Å². The molecule has 3 nitrogen and oxygen atoms in total. The van der Waals surface area contributed by atoms with Crippen LogP contribution in [0.25, 0.3) is 33.3 Å². The Hall–Kier alpha value is -3.27. The fourth-order valence-corrected chi connectivity index (χ4v) is 4.47. The third-order valence-corrected chi connectivity index (χ3v) is 5.78. The monoisotopic (exact) mass is 383 g/mol. The highest BCUT2D eigenvalue weighted by molar-refractivity contribution is 5.99. The van der Waals surface area contributed by atoms with Gasteiger partial charge in [-0.05, 0) is 47.7 Å². The second-order valence-corrected chi connectivity index (χ2v) is 8.06. The van der Waals surface area contributed by atoms with Crippen LogP contribution in [0.5, 0.6) is 0 Å². The largest absolute Gasteiger partial charge is 0.346 e. The molecule has 4 aromatic rings. The zero-order valence-corrected chi connectivity index (χ0v) is 16.7. The van der Waals surface area contributed by atoms with Crippen molar-refractivity contribution in [2.24, 2.45) is 10.9 Å². The predicted octanol–water partition coefficient (Wildman–Crippen LogP) is 6.88. The zero-order chi connectivity index (χ0) is 20.1. The minimum absolute atomic E-state index is 0.155. The first-order chi connectivity index (χ1) is 14.0. The molecule has 1 aliphatic heterocycles. The van der Waals surface area contributed by atoms with E-state index in [1.807, 2.05) is 37.5 Å². The Morgan fingerprint density at radius 2 is 1.79 bits per heavy atom. The third-order valence-electron chi connectivity index (χ3n) is 5.78. The smallest absolute Gasteiger partial charge is 0.149 e. The number of H-pyrrole nitrogens is 1. The molecular formula is C25H22FN3. The summed E-state index contributed by atoms with van der Waals surface area (Å²) in [6, 6.07) is 16.0. The summed E-state index contributed by atoms with van der Waals surface area (Å²) < 4.78 is 15.0. The zero-order valence-electron chi connectivity index (χ0n) is 16.7. The molecule has 0 fully saturated rings. The summed E-state index contributed by atoms with van der Waals surface area (Å²) in [5.41, 5.74) is 7.22. The first-order valence-corrected chi connectivity index (χ1v) is 9.94. The maximum absolute atomic E-state index is 15.0. The molecule has 2 aromatic carbocycles. The van der Waals surface area contributed by atoms with E-state index in [2.05, 4.69) is 53.1 Å². The molecule has 0 bridgehead atoms. The van der Waals surface area contributed by atoms with E-state index < -0.39 is 0 Å². The predicted molar refractivity (Wildman–Crippen MR) is 117 cm³/mol. The summed E-state index contributed by atoms with van der Waals surface area (Å²) in [7, 11) is 0. The van der Waals surface area contributed by atoms with Gasteiger partial charge in [0.25, 0.3) is 0 Å². The van der Waals surface area contributed by atoms with E-state index in [0.717, 1.165) is 44.6 Å². The Morgan fingerprint density at radius 1 is 1.00 bits per heavy atom. The molecule has 0 amide bonds. The van der Waals surface area contributed by atoms with Crippen LogP contribution in [0.2, 0.25) is 0 Å². The van der Waals surface area contributed by atoms with Crippen molar-refractivity contribution in [2.45, 2.75) is 26.7 Å². The van der Waals surface area contributed by atoms with Gasteiger partial charge in [-0.15, -0.1) is 0 Å². The molecule has 0 radical (unpaired) electrons. The summed E-state index contributed by atoms with van der Waals surface area (Å²) in [5.74, 6) is 0.258. The van der Waals surface area contributed by atoms with Crippen molar-refractivity contribution in [2.75, 3.05) is 0 Å². The fraction of sp³-hybridized carbons (Fsp3) is 0.200. The topological polar surface area (TPSA) is 41.0 Å². The Labute approximate surface area is 169 Å². The minimum atomic E-state index is -0.262. The van der Waals surface area contributed by atoms with Gasteiger partial charge in [-0.3, -0.25) is 4.99 Å². The van der Waals surface area contributed by atoms with Crippen molar-refractivity contribution in [1.29, 1.82) is 0 Å². The standard InChI is InChI=1S/C25H22FN3/c1-14(2)23-15(3)29-24-20(23)9-17(11-22(24)26)21-13-28-25-19(21)10-18(12-27-25)16-7-5-4-6-8-16/h4-14,23H,1-3H3,(H,27,28). The number of pyridine rings is 1. The van der Waals surface area contributed by atoms with E-state index in [1.165, 1.54) is 0 Å².